The van der Waals surface area contributed by atoms with Crippen LogP contribution in [-0.4, -0.2) is 35.4 Å². The first-order valence-electron chi connectivity index (χ1n) is 11.6. The average molecular weight is 491 g/mol. The number of nitrogens with one attached hydrogen (secondary N) is 1. The molecule has 5 nitrogen and oxygen atoms in total. The second-order valence-corrected chi connectivity index (χ2v) is 9.53. The predicted octanol–water partition coefficient (Wildman–Crippen LogP) is 5.94. The number of hydrogen-bond donors (Lipinski definition) is 1. The smallest absolute Gasteiger partial charge is 0.242 e. The van der Waals surface area contributed by atoms with Crippen molar-refractivity contribution in [2.45, 2.75) is 71.0 Å². The highest BCUT2D eigenvalue weighted by Crippen LogP contribution is 2.24. The Morgan fingerprint density at radius 1 is 1.12 bits per heavy atom. The van der Waals surface area contributed by atoms with Crippen LogP contribution in [0.2, 0.25) is 10.0 Å². The molecule has 1 atom stereocenters. The highest BCUT2D eigenvalue weighted by atomic mass is 35.5. The summed E-state index contributed by atoms with van der Waals surface area (Å²) in [5, 5.41) is 4.11. The zero-order chi connectivity index (χ0) is 23.8. The summed E-state index contributed by atoms with van der Waals surface area (Å²) in [6.45, 7) is 4.46. The molecule has 0 spiro atoms. The summed E-state index contributed by atoms with van der Waals surface area (Å²) >= 11 is 12.4. The van der Waals surface area contributed by atoms with Crippen LogP contribution in [0, 0.1) is 6.92 Å². The summed E-state index contributed by atoms with van der Waals surface area (Å²) in [6.07, 6.45) is 5.07. The molecule has 0 saturated heterocycles. The predicted molar refractivity (Wildman–Crippen MR) is 133 cm³/mol. The van der Waals surface area contributed by atoms with Crippen molar-refractivity contribution >= 4 is 35.0 Å². The maximum absolute atomic E-state index is 13.2. The van der Waals surface area contributed by atoms with Crippen LogP contribution in [0.1, 0.15) is 56.6 Å². The molecule has 7 heteroatoms. The average Bonchev–Trinajstić information content (AvgIpc) is 3.30. The molecule has 0 radical (unpaired) electrons. The molecule has 2 amide bonds. The molecule has 33 heavy (non-hydrogen) atoms. The van der Waals surface area contributed by atoms with Gasteiger partial charge in [0.05, 0.1) is 6.61 Å². The monoisotopic (exact) mass is 490 g/mol. The van der Waals surface area contributed by atoms with Crippen LogP contribution < -0.4 is 10.1 Å². The minimum Gasteiger partial charge on any atom is -0.494 e. The Bertz CT molecular complexity index is 943. The van der Waals surface area contributed by atoms with Crippen molar-refractivity contribution < 1.29 is 14.3 Å². The number of ether oxygens (including phenoxy) is 1. The van der Waals surface area contributed by atoms with Crippen LogP contribution in [0.4, 0.5) is 0 Å². The van der Waals surface area contributed by atoms with Crippen LogP contribution in [0.15, 0.2) is 42.5 Å². The SMILES string of the molecule is Cc1ccc(OCCCC(=O)N(Cc2ccc(Cl)cc2Cl)C(C)C(=O)NC2CCCC2)cc1. The Kier molecular flexibility index (Phi) is 9.45. The van der Waals surface area contributed by atoms with Gasteiger partial charge in [0.2, 0.25) is 11.8 Å². The maximum atomic E-state index is 13.2. The second kappa shape index (κ2) is 12.3. The lowest BCUT2D eigenvalue weighted by molar-refractivity contribution is -0.141. The van der Waals surface area contributed by atoms with Crippen molar-refractivity contribution in [2.75, 3.05) is 6.61 Å². The summed E-state index contributed by atoms with van der Waals surface area (Å²) in [5.41, 5.74) is 1.92. The quantitative estimate of drug-likeness (QED) is 0.419. The first-order valence-corrected chi connectivity index (χ1v) is 12.3. The van der Waals surface area contributed by atoms with Gasteiger partial charge < -0.3 is 15.0 Å². The first kappa shape index (κ1) is 25.4. The molecule has 1 unspecified atom stereocenters. The molecule has 3 rings (SSSR count). The fraction of sp³-hybridized carbons (Fsp3) is 0.462. The van der Waals surface area contributed by atoms with Gasteiger partial charge >= 0.3 is 0 Å². The van der Waals surface area contributed by atoms with E-state index in [-0.39, 0.29) is 30.8 Å². The molecule has 0 heterocycles. The summed E-state index contributed by atoms with van der Waals surface area (Å²) in [5.74, 6) is 0.543. The van der Waals surface area contributed by atoms with E-state index in [9.17, 15) is 9.59 Å². The van der Waals surface area contributed by atoms with Crippen LogP contribution in [0.3, 0.4) is 0 Å². The van der Waals surface area contributed by atoms with Gasteiger partial charge in [0.1, 0.15) is 11.8 Å². The molecule has 2 aromatic rings. The third kappa shape index (κ3) is 7.65. The topological polar surface area (TPSA) is 58.6 Å². The molecule has 1 aliphatic rings. The van der Waals surface area contributed by atoms with Crippen molar-refractivity contribution in [1.29, 1.82) is 0 Å². The van der Waals surface area contributed by atoms with E-state index in [1.54, 1.807) is 30.0 Å². The highest BCUT2D eigenvalue weighted by Gasteiger charge is 2.28. The molecule has 0 aliphatic heterocycles. The van der Waals surface area contributed by atoms with Crippen LogP contribution in [0.5, 0.6) is 5.75 Å². The Hall–Kier alpha value is -2.24. The molecule has 2 aromatic carbocycles. The van der Waals surface area contributed by atoms with Crippen molar-refractivity contribution in [3.05, 3.63) is 63.6 Å². The number of rotatable bonds is 10. The fourth-order valence-corrected chi connectivity index (χ4v) is 4.47. The number of carbonyl (C=O) groups excluding carboxylic acids is 2. The Morgan fingerprint density at radius 3 is 2.48 bits per heavy atom. The molecular formula is C26H32Cl2N2O3. The van der Waals surface area contributed by atoms with E-state index >= 15 is 0 Å². The van der Waals surface area contributed by atoms with E-state index < -0.39 is 6.04 Å². The number of amides is 2. The summed E-state index contributed by atoms with van der Waals surface area (Å²) in [7, 11) is 0. The molecule has 0 bridgehead atoms. The number of halogens is 2. The van der Waals surface area contributed by atoms with E-state index in [0.717, 1.165) is 37.0 Å². The third-order valence-corrected chi connectivity index (χ3v) is 6.64. The van der Waals surface area contributed by atoms with Gasteiger partial charge in [-0.25, -0.2) is 0 Å². The first-order chi connectivity index (χ1) is 15.8. The van der Waals surface area contributed by atoms with Crippen LogP contribution >= 0.6 is 23.2 Å². The molecular weight excluding hydrogens is 459 g/mol. The minimum atomic E-state index is -0.608. The molecule has 1 aliphatic carbocycles. The summed E-state index contributed by atoms with van der Waals surface area (Å²) < 4.78 is 5.75. The Morgan fingerprint density at radius 2 is 1.82 bits per heavy atom. The number of hydrogen-bond acceptors (Lipinski definition) is 3. The van der Waals surface area contributed by atoms with Crippen molar-refractivity contribution in [3.8, 4) is 5.75 Å². The van der Waals surface area contributed by atoms with Gasteiger partial charge in [0.15, 0.2) is 0 Å². The number of carbonyl (C=O) groups is 2. The molecule has 1 N–H and O–H groups in total. The standard InChI is InChI=1S/C26H32Cl2N2O3/c1-18-9-13-23(14-10-18)33-15-5-8-25(31)30(17-20-11-12-21(27)16-24(20)28)19(2)26(32)29-22-6-3-4-7-22/h9-14,16,19,22H,3-8,15,17H2,1-2H3,(H,29,32). The van der Waals surface area contributed by atoms with Crippen LogP contribution in [-0.2, 0) is 16.1 Å². The van der Waals surface area contributed by atoms with Gasteiger partial charge in [0.25, 0.3) is 0 Å². The molecule has 0 aromatic heterocycles. The number of benzene rings is 2. The van der Waals surface area contributed by atoms with E-state index in [2.05, 4.69) is 5.32 Å². The lowest BCUT2D eigenvalue weighted by atomic mass is 10.1. The largest absolute Gasteiger partial charge is 0.494 e. The third-order valence-electron chi connectivity index (χ3n) is 6.05. The fourth-order valence-electron chi connectivity index (χ4n) is 4.00. The van der Waals surface area contributed by atoms with Crippen LogP contribution in [0.25, 0.3) is 0 Å². The van der Waals surface area contributed by atoms with Crippen molar-refractivity contribution in [3.63, 3.8) is 0 Å². The van der Waals surface area contributed by atoms with Gasteiger partial charge in [-0.1, -0.05) is 59.8 Å². The number of nitrogens with zero attached hydrogens (tertiary/aromatic N) is 1. The van der Waals surface area contributed by atoms with E-state index in [1.165, 1.54) is 5.56 Å². The molecule has 178 valence electrons. The molecule has 1 fully saturated rings. The van der Waals surface area contributed by atoms with E-state index in [0.29, 0.717) is 23.1 Å². The van der Waals surface area contributed by atoms with E-state index in [1.807, 2.05) is 31.2 Å². The summed E-state index contributed by atoms with van der Waals surface area (Å²) in [4.78, 5) is 27.7. The highest BCUT2D eigenvalue weighted by molar-refractivity contribution is 6.35. The summed E-state index contributed by atoms with van der Waals surface area (Å²) in [6, 6.07) is 12.6. The zero-order valence-electron chi connectivity index (χ0n) is 19.3. The maximum Gasteiger partial charge on any atom is 0.242 e. The van der Waals surface area contributed by atoms with Gasteiger partial charge in [-0.3, -0.25) is 9.59 Å². The zero-order valence-corrected chi connectivity index (χ0v) is 20.8. The van der Waals surface area contributed by atoms with Gasteiger partial charge in [0, 0.05) is 29.1 Å². The lowest BCUT2D eigenvalue weighted by Gasteiger charge is -2.30. The van der Waals surface area contributed by atoms with Gasteiger partial charge in [-0.05, 0) is 62.9 Å². The lowest BCUT2D eigenvalue weighted by Crippen LogP contribution is -2.49. The van der Waals surface area contributed by atoms with Crippen molar-refractivity contribution in [2.24, 2.45) is 0 Å². The Labute approximate surface area is 206 Å². The van der Waals surface area contributed by atoms with Crippen molar-refractivity contribution in [1.82, 2.24) is 10.2 Å². The Balaban J connectivity index is 1.63. The van der Waals surface area contributed by atoms with Gasteiger partial charge in [-0.2, -0.15) is 0 Å². The minimum absolute atomic E-state index is 0.109. The van der Waals surface area contributed by atoms with Gasteiger partial charge in [-0.15, -0.1) is 0 Å². The van der Waals surface area contributed by atoms with E-state index in [4.69, 9.17) is 27.9 Å². The normalized spacial score (nSPS) is 14.7. The molecule has 1 saturated carbocycles. The second-order valence-electron chi connectivity index (χ2n) is 8.69. The number of aryl methyl sites for hydroxylation is 1.